The Morgan fingerprint density at radius 2 is 2.03 bits per heavy atom. The molecule has 3 saturated heterocycles. The molecule has 188 valence electrons. The van der Waals surface area contributed by atoms with Crippen LogP contribution in [0.3, 0.4) is 0 Å². The number of carbonyl (C=O) groups is 3. The van der Waals surface area contributed by atoms with Gasteiger partial charge < -0.3 is 20.6 Å². The van der Waals surface area contributed by atoms with E-state index in [1.54, 1.807) is 21.3 Å². The Bertz CT molecular complexity index is 1160. The highest BCUT2D eigenvalue weighted by atomic mass is 32.2. The molecule has 11 heteroatoms. The molecule has 4 heterocycles. The molecular formula is C24H32N6O4S. The van der Waals surface area contributed by atoms with Crippen LogP contribution >= 0.6 is 11.8 Å². The lowest BCUT2D eigenvalue weighted by atomic mass is 9.66. The minimum atomic E-state index is -0.711. The number of carbonyl (C=O) groups excluding carboxylic acids is 3. The molecule has 3 amide bonds. The first-order valence-corrected chi connectivity index (χ1v) is 13.1. The van der Waals surface area contributed by atoms with Crippen molar-refractivity contribution in [2.45, 2.75) is 61.7 Å². The van der Waals surface area contributed by atoms with Gasteiger partial charge in [-0.3, -0.25) is 14.4 Å². The van der Waals surface area contributed by atoms with Gasteiger partial charge in [0.25, 0.3) is 0 Å². The molecule has 5 atom stereocenters. The van der Waals surface area contributed by atoms with Crippen molar-refractivity contribution < 1.29 is 19.5 Å². The van der Waals surface area contributed by atoms with Gasteiger partial charge >= 0.3 is 0 Å². The third kappa shape index (κ3) is 3.70. The third-order valence-electron chi connectivity index (χ3n) is 7.74. The normalized spacial score (nSPS) is 31.2. The molecule has 2 aromatic rings. The fourth-order valence-electron chi connectivity index (χ4n) is 6.25. The number of amides is 3. The van der Waals surface area contributed by atoms with Crippen LogP contribution < -0.4 is 10.6 Å². The average molecular weight is 501 g/mol. The number of thioether (sulfide) groups is 1. The lowest BCUT2D eigenvalue weighted by Crippen LogP contribution is -2.54. The van der Waals surface area contributed by atoms with Crippen LogP contribution in [0.4, 0.5) is 0 Å². The van der Waals surface area contributed by atoms with Gasteiger partial charge in [-0.1, -0.05) is 24.3 Å². The average Bonchev–Trinajstić information content (AvgIpc) is 3.55. The van der Waals surface area contributed by atoms with Crippen molar-refractivity contribution >= 4 is 40.5 Å². The number of benzene rings is 1. The van der Waals surface area contributed by atoms with E-state index in [1.165, 1.54) is 0 Å². The molecule has 0 saturated carbocycles. The topological polar surface area (TPSA) is 129 Å². The number of nitrogens with one attached hydrogen (secondary N) is 2. The summed E-state index contributed by atoms with van der Waals surface area (Å²) >= 11 is 1.64. The highest BCUT2D eigenvalue weighted by molar-refractivity contribution is 8.02. The van der Waals surface area contributed by atoms with Gasteiger partial charge in [0.2, 0.25) is 17.7 Å². The number of aliphatic hydroxyl groups is 1. The fraction of sp³-hybridized carbons (Fsp3) is 0.625. The van der Waals surface area contributed by atoms with Gasteiger partial charge in [-0.15, -0.1) is 16.9 Å². The molecule has 0 radical (unpaired) electrons. The number of rotatable bonds is 9. The van der Waals surface area contributed by atoms with Crippen molar-refractivity contribution in [2.24, 2.45) is 11.8 Å². The second kappa shape index (κ2) is 9.09. The van der Waals surface area contributed by atoms with Gasteiger partial charge in [0, 0.05) is 24.4 Å². The lowest BCUT2D eigenvalue weighted by Gasteiger charge is -2.34. The number of aromatic nitrogens is 3. The van der Waals surface area contributed by atoms with Gasteiger partial charge in [0.15, 0.2) is 0 Å². The molecule has 1 aromatic heterocycles. The first kappa shape index (κ1) is 24.1. The van der Waals surface area contributed by atoms with Gasteiger partial charge in [0.1, 0.15) is 18.2 Å². The summed E-state index contributed by atoms with van der Waals surface area (Å²) < 4.78 is 0.574. The minimum Gasteiger partial charge on any atom is -0.396 e. The molecule has 5 rings (SSSR count). The van der Waals surface area contributed by atoms with Crippen LogP contribution in [0.5, 0.6) is 0 Å². The number of likely N-dealkylation sites (tertiary alicyclic amines) is 1. The quantitative estimate of drug-likeness (QED) is 0.466. The van der Waals surface area contributed by atoms with E-state index in [1.807, 2.05) is 31.2 Å². The van der Waals surface area contributed by atoms with Gasteiger partial charge in [-0.25, -0.2) is 4.68 Å². The Labute approximate surface area is 208 Å². The molecule has 35 heavy (non-hydrogen) atoms. The third-order valence-corrected chi connectivity index (χ3v) is 9.72. The maximum absolute atomic E-state index is 13.8. The van der Waals surface area contributed by atoms with E-state index >= 15 is 0 Å². The number of hydrogen-bond donors (Lipinski definition) is 3. The SMILES string of the molecule is CCCNC(=O)[C@H]1[C@H]2C(=O)N(CCCO)C(C(=O)NCn3nnc4ccccc43)C23CC[C@]1(C)S3. The molecule has 3 fully saturated rings. The maximum atomic E-state index is 13.8. The Hall–Kier alpha value is -2.66. The van der Waals surface area contributed by atoms with Crippen molar-refractivity contribution in [2.75, 3.05) is 19.7 Å². The summed E-state index contributed by atoms with van der Waals surface area (Å²) in [5.74, 6) is -1.54. The van der Waals surface area contributed by atoms with Crippen LogP contribution in [0.1, 0.15) is 39.5 Å². The summed E-state index contributed by atoms with van der Waals surface area (Å²) in [6.45, 7) is 4.94. The van der Waals surface area contributed by atoms with Crippen LogP contribution in [-0.2, 0) is 21.1 Å². The van der Waals surface area contributed by atoms with Crippen LogP contribution in [0.25, 0.3) is 11.0 Å². The van der Waals surface area contributed by atoms with E-state index in [4.69, 9.17) is 0 Å². The molecule has 10 nitrogen and oxygen atoms in total. The summed E-state index contributed by atoms with van der Waals surface area (Å²) in [5, 5.41) is 23.7. The van der Waals surface area contributed by atoms with Crippen molar-refractivity contribution in [1.82, 2.24) is 30.5 Å². The number of nitrogens with zero attached hydrogens (tertiary/aromatic N) is 4. The Kier molecular flexibility index (Phi) is 6.25. The lowest BCUT2D eigenvalue weighted by molar-refractivity contribution is -0.140. The smallest absolute Gasteiger partial charge is 0.245 e. The second-order valence-corrected chi connectivity index (χ2v) is 11.8. The zero-order chi connectivity index (χ0) is 24.8. The summed E-state index contributed by atoms with van der Waals surface area (Å²) in [6.07, 6.45) is 2.66. The van der Waals surface area contributed by atoms with Gasteiger partial charge in [0.05, 0.1) is 22.1 Å². The predicted octanol–water partition coefficient (Wildman–Crippen LogP) is 0.895. The van der Waals surface area contributed by atoms with Crippen molar-refractivity contribution in [3.63, 3.8) is 0 Å². The fourth-order valence-corrected chi connectivity index (χ4v) is 8.61. The molecule has 3 N–H and O–H groups in total. The highest BCUT2D eigenvalue weighted by Crippen LogP contribution is 2.71. The molecule has 3 aliphatic rings. The molecule has 0 aliphatic carbocycles. The van der Waals surface area contributed by atoms with E-state index in [2.05, 4.69) is 27.9 Å². The largest absolute Gasteiger partial charge is 0.396 e. The summed E-state index contributed by atoms with van der Waals surface area (Å²) in [6, 6.07) is 6.80. The van der Waals surface area contributed by atoms with Crippen LogP contribution in [0.15, 0.2) is 24.3 Å². The first-order valence-electron chi connectivity index (χ1n) is 12.3. The van der Waals surface area contributed by atoms with Crippen molar-refractivity contribution in [3.8, 4) is 0 Å². The van der Waals surface area contributed by atoms with Gasteiger partial charge in [-0.05, 0) is 44.7 Å². The minimum absolute atomic E-state index is 0.0774. The first-order chi connectivity index (χ1) is 16.9. The second-order valence-electron chi connectivity index (χ2n) is 9.90. The number of fused-ring (bicyclic) bond motifs is 2. The highest BCUT2D eigenvalue weighted by Gasteiger charge is 2.76. The molecule has 2 unspecified atom stereocenters. The van der Waals surface area contributed by atoms with E-state index in [9.17, 15) is 19.5 Å². The van der Waals surface area contributed by atoms with Crippen molar-refractivity contribution in [3.05, 3.63) is 24.3 Å². The summed E-state index contributed by atoms with van der Waals surface area (Å²) in [5.41, 5.74) is 1.54. The van der Waals surface area contributed by atoms with Crippen LogP contribution in [-0.4, -0.2) is 78.0 Å². The number of hydrogen-bond acceptors (Lipinski definition) is 7. The van der Waals surface area contributed by atoms with Gasteiger partial charge in [-0.2, -0.15) is 0 Å². The Morgan fingerprint density at radius 1 is 1.23 bits per heavy atom. The molecular weight excluding hydrogens is 468 g/mol. The monoisotopic (exact) mass is 500 g/mol. The Morgan fingerprint density at radius 3 is 2.80 bits per heavy atom. The Balaban J connectivity index is 1.44. The van der Waals surface area contributed by atoms with E-state index in [-0.39, 0.29) is 42.3 Å². The number of para-hydroxylation sites is 1. The van der Waals surface area contributed by atoms with E-state index in [0.717, 1.165) is 23.9 Å². The van der Waals surface area contributed by atoms with Crippen LogP contribution in [0.2, 0.25) is 0 Å². The maximum Gasteiger partial charge on any atom is 0.245 e. The summed E-state index contributed by atoms with van der Waals surface area (Å²) in [7, 11) is 0. The standard InChI is InChI=1S/C24H32N6O4S/c1-3-11-25-20(32)17-18-22(34)29(12-6-13-31)19(24(18)10-9-23(17,2)35-24)21(33)26-14-30-16-8-5-4-7-15(16)27-28-30/h4-5,7-8,17-19,31H,3,6,9-14H2,1-2H3,(H,25,32)(H,26,33)/t17-,18+,19?,23+,24?/m1/s1. The predicted molar refractivity (Wildman–Crippen MR) is 131 cm³/mol. The molecule has 1 spiro atoms. The number of aliphatic hydroxyl groups excluding tert-OH is 1. The molecule has 2 bridgehead atoms. The van der Waals surface area contributed by atoms with Crippen molar-refractivity contribution in [1.29, 1.82) is 0 Å². The zero-order valence-corrected chi connectivity index (χ0v) is 20.9. The van der Waals surface area contributed by atoms with Crippen LogP contribution in [0, 0.1) is 11.8 Å². The summed E-state index contributed by atoms with van der Waals surface area (Å²) in [4.78, 5) is 42.3. The van der Waals surface area contributed by atoms with E-state index < -0.39 is 22.6 Å². The van der Waals surface area contributed by atoms with E-state index in [0.29, 0.717) is 19.4 Å². The zero-order valence-electron chi connectivity index (χ0n) is 20.1. The molecule has 1 aromatic carbocycles. The molecule has 3 aliphatic heterocycles.